The molecule has 1 heterocycles. The van der Waals surface area contributed by atoms with E-state index >= 15 is 0 Å². The highest BCUT2D eigenvalue weighted by Crippen LogP contribution is 2.37. The largest absolute Gasteiger partial charge is 0.492 e. The van der Waals surface area contributed by atoms with Crippen molar-refractivity contribution < 1.29 is 9.90 Å². The van der Waals surface area contributed by atoms with E-state index in [-0.39, 0.29) is 11.8 Å². The van der Waals surface area contributed by atoms with Crippen LogP contribution in [0.2, 0.25) is 5.02 Å². The van der Waals surface area contributed by atoms with Gasteiger partial charge in [0.25, 0.3) is 0 Å². The number of hydrogen-bond donors (Lipinski definition) is 3. The lowest BCUT2D eigenvalue weighted by atomic mass is 10.1. The molecule has 0 saturated heterocycles. The van der Waals surface area contributed by atoms with Gasteiger partial charge in [-0.25, -0.2) is 0 Å². The third-order valence-electron chi connectivity index (χ3n) is 3.97. The first-order valence-electron chi connectivity index (χ1n) is 8.03. The van der Waals surface area contributed by atoms with Gasteiger partial charge in [-0.05, 0) is 43.7 Å². The summed E-state index contributed by atoms with van der Waals surface area (Å²) in [6.45, 7) is 3.63. The second-order valence-corrected chi connectivity index (χ2v) is 7.26. The van der Waals surface area contributed by atoms with Crippen molar-refractivity contribution in [3.63, 3.8) is 0 Å². The highest BCUT2D eigenvalue weighted by Gasteiger charge is 2.23. The number of rotatable bonds is 5. The minimum Gasteiger partial charge on any atom is -0.492 e. The van der Waals surface area contributed by atoms with Gasteiger partial charge in [-0.15, -0.1) is 0 Å². The molecule has 1 aromatic heterocycles. The van der Waals surface area contributed by atoms with Crippen molar-refractivity contribution in [1.29, 1.82) is 0 Å². The summed E-state index contributed by atoms with van der Waals surface area (Å²) in [4.78, 5) is 17.1. The van der Waals surface area contributed by atoms with E-state index in [1.807, 2.05) is 55.5 Å². The molecule has 1 atom stereocenters. The Labute approximate surface area is 160 Å². The number of halogens is 1. The first-order chi connectivity index (χ1) is 12.5. The third-order valence-corrected chi connectivity index (χ3v) is 5.52. The van der Waals surface area contributed by atoms with E-state index in [9.17, 15) is 9.90 Å². The molecule has 2 aromatic carbocycles. The molecule has 3 rings (SSSR count). The van der Waals surface area contributed by atoms with E-state index < -0.39 is 5.92 Å². The zero-order valence-electron chi connectivity index (χ0n) is 14.3. The van der Waals surface area contributed by atoms with Crippen molar-refractivity contribution in [2.75, 3.05) is 10.6 Å². The monoisotopic (exact) mass is 387 g/mol. The van der Waals surface area contributed by atoms with Crippen molar-refractivity contribution in [3.05, 3.63) is 64.0 Å². The minimum absolute atomic E-state index is 0.145. The van der Waals surface area contributed by atoms with Gasteiger partial charge in [-0.1, -0.05) is 47.2 Å². The zero-order valence-corrected chi connectivity index (χ0v) is 15.9. The van der Waals surface area contributed by atoms with Crippen LogP contribution in [0.5, 0.6) is 5.88 Å². The maximum atomic E-state index is 12.5. The Morgan fingerprint density at radius 1 is 1.19 bits per heavy atom. The van der Waals surface area contributed by atoms with Gasteiger partial charge in [0.1, 0.15) is 0 Å². The molecular formula is C19H18ClN3O2S. The molecule has 3 aromatic rings. The predicted octanol–water partition coefficient (Wildman–Crippen LogP) is 5.30. The van der Waals surface area contributed by atoms with Gasteiger partial charge >= 0.3 is 0 Å². The van der Waals surface area contributed by atoms with Crippen molar-refractivity contribution in [1.82, 2.24) is 4.98 Å². The number of para-hydroxylation sites is 1. The Kier molecular flexibility index (Phi) is 5.44. The van der Waals surface area contributed by atoms with Crippen molar-refractivity contribution in [2.45, 2.75) is 19.8 Å². The van der Waals surface area contributed by atoms with E-state index in [2.05, 4.69) is 15.6 Å². The number of thiazole rings is 1. The number of carbonyl (C=O) groups is 1. The maximum Gasteiger partial charge on any atom is 0.232 e. The van der Waals surface area contributed by atoms with Crippen LogP contribution in [0.1, 0.15) is 23.3 Å². The number of nitrogens with zero attached hydrogens (tertiary/aromatic N) is 1. The third kappa shape index (κ3) is 3.98. The van der Waals surface area contributed by atoms with Crippen LogP contribution in [-0.4, -0.2) is 16.0 Å². The molecule has 0 fully saturated rings. The number of amides is 1. The fourth-order valence-electron chi connectivity index (χ4n) is 2.41. The van der Waals surface area contributed by atoms with Gasteiger partial charge < -0.3 is 15.7 Å². The van der Waals surface area contributed by atoms with Crippen LogP contribution >= 0.6 is 22.9 Å². The molecule has 3 N–H and O–H groups in total. The standard InChI is InChI=1S/C19H18ClN3O2S/c1-11-14(20)9-6-10-15(11)22-19-23-18(25)16(26-19)12(2)17(24)21-13-7-4-3-5-8-13/h3-10,12,25H,1-2H3,(H,21,24)(H,22,23). The SMILES string of the molecule is Cc1c(Cl)cccc1Nc1nc(O)c(C(C)C(=O)Nc2ccccc2)s1. The van der Waals surface area contributed by atoms with E-state index in [4.69, 9.17) is 11.6 Å². The molecule has 0 bridgehead atoms. The number of aromatic nitrogens is 1. The van der Waals surface area contributed by atoms with Crippen molar-refractivity contribution >= 4 is 45.4 Å². The Hall–Kier alpha value is -2.57. The molecule has 7 heteroatoms. The van der Waals surface area contributed by atoms with Gasteiger partial charge in [-0.2, -0.15) is 4.98 Å². The summed E-state index contributed by atoms with van der Waals surface area (Å²) in [5.41, 5.74) is 2.40. The molecule has 1 unspecified atom stereocenters. The van der Waals surface area contributed by atoms with Gasteiger partial charge in [0.2, 0.25) is 11.8 Å². The van der Waals surface area contributed by atoms with E-state index in [1.54, 1.807) is 6.92 Å². The van der Waals surface area contributed by atoms with Crippen LogP contribution in [0, 0.1) is 6.92 Å². The van der Waals surface area contributed by atoms with E-state index in [0.717, 1.165) is 11.3 Å². The molecule has 5 nitrogen and oxygen atoms in total. The lowest BCUT2D eigenvalue weighted by Gasteiger charge is -2.10. The Balaban J connectivity index is 1.77. The Bertz CT molecular complexity index is 928. The highest BCUT2D eigenvalue weighted by atomic mass is 35.5. The summed E-state index contributed by atoms with van der Waals surface area (Å²) < 4.78 is 0. The fourth-order valence-corrected chi connectivity index (χ4v) is 3.51. The number of benzene rings is 2. The summed E-state index contributed by atoms with van der Waals surface area (Å²) >= 11 is 7.37. The van der Waals surface area contributed by atoms with E-state index in [0.29, 0.717) is 20.7 Å². The first kappa shape index (κ1) is 18.2. The number of nitrogens with one attached hydrogen (secondary N) is 2. The normalized spacial score (nSPS) is 11.8. The Morgan fingerprint density at radius 2 is 1.92 bits per heavy atom. The van der Waals surface area contributed by atoms with Crippen molar-refractivity contribution in [2.24, 2.45) is 0 Å². The lowest BCUT2D eigenvalue weighted by Crippen LogP contribution is -2.18. The first-order valence-corrected chi connectivity index (χ1v) is 9.23. The van der Waals surface area contributed by atoms with Crippen LogP contribution in [0.3, 0.4) is 0 Å². The molecule has 0 aliphatic heterocycles. The average Bonchev–Trinajstić information content (AvgIpc) is 2.99. The molecule has 1 amide bonds. The fraction of sp³-hybridized carbons (Fsp3) is 0.158. The molecule has 0 spiro atoms. The molecule has 134 valence electrons. The van der Waals surface area contributed by atoms with Crippen LogP contribution < -0.4 is 10.6 Å². The number of aromatic hydroxyl groups is 1. The zero-order chi connectivity index (χ0) is 18.7. The summed E-state index contributed by atoms with van der Waals surface area (Å²) in [6, 6.07) is 14.7. The topological polar surface area (TPSA) is 74.2 Å². The van der Waals surface area contributed by atoms with Gasteiger partial charge in [0.05, 0.1) is 10.8 Å². The number of hydrogen-bond acceptors (Lipinski definition) is 5. The predicted molar refractivity (Wildman–Crippen MR) is 107 cm³/mol. The number of carbonyl (C=O) groups excluding carboxylic acids is 1. The smallest absolute Gasteiger partial charge is 0.232 e. The van der Waals surface area contributed by atoms with Gasteiger partial charge in [0, 0.05) is 16.4 Å². The quantitative estimate of drug-likeness (QED) is 0.555. The molecular weight excluding hydrogens is 370 g/mol. The molecule has 0 aliphatic rings. The summed E-state index contributed by atoms with van der Waals surface area (Å²) in [6.07, 6.45) is 0. The maximum absolute atomic E-state index is 12.5. The van der Waals surface area contributed by atoms with Crippen molar-refractivity contribution in [3.8, 4) is 5.88 Å². The highest BCUT2D eigenvalue weighted by molar-refractivity contribution is 7.16. The number of anilines is 3. The second kappa shape index (κ2) is 7.76. The summed E-state index contributed by atoms with van der Waals surface area (Å²) in [5.74, 6) is -0.891. The second-order valence-electron chi connectivity index (χ2n) is 5.82. The van der Waals surface area contributed by atoms with Crippen LogP contribution in [-0.2, 0) is 4.79 Å². The van der Waals surface area contributed by atoms with Gasteiger partial charge in [-0.3, -0.25) is 4.79 Å². The summed E-state index contributed by atoms with van der Waals surface area (Å²) in [5, 5.41) is 17.3. The average molecular weight is 388 g/mol. The van der Waals surface area contributed by atoms with Crippen LogP contribution in [0.25, 0.3) is 0 Å². The van der Waals surface area contributed by atoms with Gasteiger partial charge in [0.15, 0.2) is 5.13 Å². The molecule has 0 radical (unpaired) electrons. The lowest BCUT2D eigenvalue weighted by molar-refractivity contribution is -0.117. The van der Waals surface area contributed by atoms with E-state index in [1.165, 1.54) is 11.3 Å². The van der Waals surface area contributed by atoms with Crippen LogP contribution in [0.4, 0.5) is 16.5 Å². The Morgan fingerprint density at radius 3 is 2.65 bits per heavy atom. The minimum atomic E-state index is -0.538. The molecule has 0 aliphatic carbocycles. The molecule has 26 heavy (non-hydrogen) atoms. The molecule has 0 saturated carbocycles. The van der Waals surface area contributed by atoms with Crippen LogP contribution in [0.15, 0.2) is 48.5 Å². The summed E-state index contributed by atoms with van der Waals surface area (Å²) in [7, 11) is 0.